The zero-order chi connectivity index (χ0) is 44.4. The molecule has 0 saturated heterocycles. The standard InChI is InChI=1S/C66H45N/c1-5-21-50(22-6-1)65(51-23-7-2-8-24-51)62-32-18-16-30-58(62)60-44-55(40-42-63(60)65)67(54-37-35-47(36-38-54)49-34-33-46-19-13-14-20-48(46)43-49)56-39-41-59-57-29-15-17-31-61(57)66(64(59)45-56,52-25-9-3-10-26-52)53-27-11-4-12-28-53/h1-45H. The molecular formula is C66H45N. The van der Waals surface area contributed by atoms with Crippen LogP contribution in [-0.4, -0.2) is 0 Å². The Labute approximate surface area is 392 Å². The lowest BCUT2D eigenvalue weighted by Crippen LogP contribution is -2.28. The third-order valence-corrected chi connectivity index (χ3v) is 14.6. The highest BCUT2D eigenvalue weighted by molar-refractivity contribution is 5.93. The van der Waals surface area contributed by atoms with Crippen molar-refractivity contribution >= 4 is 27.8 Å². The van der Waals surface area contributed by atoms with Crippen molar-refractivity contribution in [1.29, 1.82) is 0 Å². The van der Waals surface area contributed by atoms with Gasteiger partial charge >= 0.3 is 0 Å². The maximum absolute atomic E-state index is 2.48. The van der Waals surface area contributed by atoms with E-state index in [2.05, 4.69) is 278 Å². The van der Waals surface area contributed by atoms with Gasteiger partial charge in [0.2, 0.25) is 0 Å². The van der Waals surface area contributed by atoms with Crippen LogP contribution < -0.4 is 4.90 Å². The first-order valence-corrected chi connectivity index (χ1v) is 23.3. The molecule has 11 aromatic rings. The van der Waals surface area contributed by atoms with E-state index in [1.807, 2.05) is 0 Å². The fourth-order valence-electron chi connectivity index (χ4n) is 11.8. The molecule has 0 aromatic heterocycles. The summed E-state index contributed by atoms with van der Waals surface area (Å²) in [5.74, 6) is 0. The maximum atomic E-state index is 2.48. The highest BCUT2D eigenvalue weighted by atomic mass is 15.1. The second kappa shape index (κ2) is 15.6. The first-order chi connectivity index (χ1) is 33.2. The van der Waals surface area contributed by atoms with Gasteiger partial charge in [0.05, 0.1) is 10.8 Å². The molecule has 67 heavy (non-hydrogen) atoms. The molecule has 2 aliphatic carbocycles. The Balaban J connectivity index is 1.05. The number of anilines is 3. The van der Waals surface area contributed by atoms with Crippen LogP contribution in [0.2, 0.25) is 0 Å². The Hall–Kier alpha value is -8.52. The third kappa shape index (κ3) is 5.88. The minimum Gasteiger partial charge on any atom is -0.310 e. The van der Waals surface area contributed by atoms with Gasteiger partial charge in [-0.15, -0.1) is 0 Å². The summed E-state index contributed by atoms with van der Waals surface area (Å²) in [6.07, 6.45) is 0. The van der Waals surface area contributed by atoms with E-state index in [9.17, 15) is 0 Å². The summed E-state index contributed by atoms with van der Waals surface area (Å²) in [6.45, 7) is 0. The quantitative estimate of drug-likeness (QED) is 0.147. The Morgan fingerprint density at radius 2 is 0.627 bits per heavy atom. The normalized spacial score (nSPS) is 13.6. The van der Waals surface area contributed by atoms with E-state index in [1.165, 1.54) is 88.7 Å². The van der Waals surface area contributed by atoms with E-state index in [4.69, 9.17) is 0 Å². The predicted octanol–water partition coefficient (Wildman–Crippen LogP) is 16.7. The average Bonchev–Trinajstić information content (AvgIpc) is 3.88. The van der Waals surface area contributed by atoms with Gasteiger partial charge in [-0.1, -0.05) is 231 Å². The number of hydrogen-bond donors (Lipinski definition) is 0. The van der Waals surface area contributed by atoms with Crippen molar-refractivity contribution in [2.75, 3.05) is 4.90 Å². The number of nitrogens with zero attached hydrogens (tertiary/aromatic N) is 1. The predicted molar refractivity (Wildman–Crippen MR) is 279 cm³/mol. The number of rotatable bonds is 8. The van der Waals surface area contributed by atoms with Crippen LogP contribution in [0.15, 0.2) is 273 Å². The fraction of sp³-hybridized carbons (Fsp3) is 0.0303. The zero-order valence-electron chi connectivity index (χ0n) is 36.9. The molecule has 0 N–H and O–H groups in total. The lowest BCUT2D eigenvalue weighted by atomic mass is 9.67. The van der Waals surface area contributed by atoms with Crippen LogP contribution in [0.25, 0.3) is 44.2 Å². The molecule has 0 amide bonds. The lowest BCUT2D eigenvalue weighted by molar-refractivity contribution is 0.768. The molecule has 0 radical (unpaired) electrons. The molecule has 0 aliphatic heterocycles. The highest BCUT2D eigenvalue weighted by Crippen LogP contribution is 2.59. The Morgan fingerprint density at radius 1 is 0.224 bits per heavy atom. The summed E-state index contributed by atoms with van der Waals surface area (Å²) < 4.78 is 0. The van der Waals surface area contributed by atoms with E-state index in [-0.39, 0.29) is 0 Å². The van der Waals surface area contributed by atoms with Crippen LogP contribution in [-0.2, 0) is 10.8 Å². The first-order valence-electron chi connectivity index (χ1n) is 23.3. The topological polar surface area (TPSA) is 3.24 Å². The summed E-state index contributed by atoms with van der Waals surface area (Å²) in [7, 11) is 0. The van der Waals surface area contributed by atoms with Crippen LogP contribution in [0.1, 0.15) is 44.5 Å². The minimum atomic E-state index is -0.530. The van der Waals surface area contributed by atoms with E-state index in [1.54, 1.807) is 0 Å². The molecule has 0 saturated carbocycles. The number of hydrogen-bond acceptors (Lipinski definition) is 1. The van der Waals surface area contributed by atoms with Gasteiger partial charge in [0.1, 0.15) is 0 Å². The van der Waals surface area contributed by atoms with Crippen molar-refractivity contribution in [1.82, 2.24) is 0 Å². The SMILES string of the molecule is c1ccc(C2(c3ccccc3)c3ccccc3-c3cc(N(c4ccc(-c5ccc6ccccc6c5)cc4)c4ccc5c(c4)C(c4ccccc4)(c4ccccc4)c4ccccc4-5)ccc32)cc1. The molecule has 1 nitrogen and oxygen atoms in total. The van der Waals surface area contributed by atoms with E-state index >= 15 is 0 Å². The fourth-order valence-corrected chi connectivity index (χ4v) is 11.8. The van der Waals surface area contributed by atoms with Crippen molar-refractivity contribution in [3.8, 4) is 33.4 Å². The molecule has 0 heterocycles. The molecule has 0 bridgehead atoms. The summed E-state index contributed by atoms with van der Waals surface area (Å²) in [6, 6.07) is 101. The van der Waals surface area contributed by atoms with Gasteiger partial charge in [-0.05, 0) is 131 Å². The summed E-state index contributed by atoms with van der Waals surface area (Å²) in [4.78, 5) is 2.47. The van der Waals surface area contributed by atoms with Gasteiger partial charge in [-0.3, -0.25) is 0 Å². The highest BCUT2D eigenvalue weighted by Gasteiger charge is 2.48. The van der Waals surface area contributed by atoms with Crippen LogP contribution in [0, 0.1) is 0 Å². The summed E-state index contributed by atoms with van der Waals surface area (Å²) in [5.41, 5.74) is 19.9. The summed E-state index contributed by atoms with van der Waals surface area (Å²) in [5, 5.41) is 2.49. The van der Waals surface area contributed by atoms with Crippen molar-refractivity contribution in [2.45, 2.75) is 10.8 Å². The first kappa shape index (κ1) is 38.9. The number of benzene rings is 11. The zero-order valence-corrected chi connectivity index (χ0v) is 36.9. The Kier molecular flexibility index (Phi) is 9.05. The second-order valence-electron chi connectivity index (χ2n) is 18.0. The average molecular weight is 852 g/mol. The minimum absolute atomic E-state index is 0.483. The van der Waals surface area contributed by atoms with E-state index in [0.29, 0.717) is 0 Å². The molecule has 1 heteroatoms. The lowest BCUT2D eigenvalue weighted by Gasteiger charge is -2.35. The molecular weight excluding hydrogens is 807 g/mol. The third-order valence-electron chi connectivity index (χ3n) is 14.6. The van der Waals surface area contributed by atoms with Crippen LogP contribution >= 0.6 is 0 Å². The Morgan fingerprint density at radius 3 is 1.21 bits per heavy atom. The number of fused-ring (bicyclic) bond motifs is 7. The van der Waals surface area contributed by atoms with Gasteiger partial charge in [0.15, 0.2) is 0 Å². The van der Waals surface area contributed by atoms with Crippen molar-refractivity contribution in [2.24, 2.45) is 0 Å². The van der Waals surface area contributed by atoms with E-state index in [0.717, 1.165) is 17.1 Å². The van der Waals surface area contributed by atoms with Gasteiger partial charge in [0, 0.05) is 17.1 Å². The van der Waals surface area contributed by atoms with Crippen LogP contribution in [0.4, 0.5) is 17.1 Å². The van der Waals surface area contributed by atoms with Gasteiger partial charge < -0.3 is 4.90 Å². The molecule has 314 valence electrons. The Bertz CT molecular complexity index is 3530. The van der Waals surface area contributed by atoms with Gasteiger partial charge in [-0.2, -0.15) is 0 Å². The molecule has 11 aromatic carbocycles. The smallest absolute Gasteiger partial charge is 0.0714 e. The van der Waals surface area contributed by atoms with Crippen molar-refractivity contribution in [3.63, 3.8) is 0 Å². The molecule has 0 spiro atoms. The molecule has 0 fully saturated rings. The largest absolute Gasteiger partial charge is 0.310 e. The van der Waals surface area contributed by atoms with Gasteiger partial charge in [-0.25, -0.2) is 0 Å². The van der Waals surface area contributed by atoms with E-state index < -0.39 is 10.8 Å². The molecule has 2 aliphatic rings. The van der Waals surface area contributed by atoms with Crippen molar-refractivity contribution in [3.05, 3.63) is 317 Å². The maximum Gasteiger partial charge on any atom is 0.0714 e. The second-order valence-corrected chi connectivity index (χ2v) is 18.0. The van der Waals surface area contributed by atoms with Crippen LogP contribution in [0.5, 0.6) is 0 Å². The van der Waals surface area contributed by atoms with Crippen LogP contribution in [0.3, 0.4) is 0 Å². The van der Waals surface area contributed by atoms with Crippen molar-refractivity contribution < 1.29 is 0 Å². The molecule has 0 unspecified atom stereocenters. The summed E-state index contributed by atoms with van der Waals surface area (Å²) >= 11 is 0. The monoisotopic (exact) mass is 851 g/mol. The molecule has 13 rings (SSSR count). The van der Waals surface area contributed by atoms with Gasteiger partial charge in [0.25, 0.3) is 0 Å². The molecule has 0 atom stereocenters.